The van der Waals surface area contributed by atoms with Crippen LogP contribution in [0.3, 0.4) is 0 Å². The molecule has 2 heterocycles. The van der Waals surface area contributed by atoms with Gasteiger partial charge < -0.3 is 15.4 Å². The van der Waals surface area contributed by atoms with E-state index in [4.69, 9.17) is 4.74 Å². The molecule has 0 amide bonds. The van der Waals surface area contributed by atoms with Crippen molar-refractivity contribution in [1.29, 1.82) is 0 Å². The van der Waals surface area contributed by atoms with Crippen LogP contribution in [0.25, 0.3) is 6.20 Å². The number of anilines is 1. The first-order valence-electron chi connectivity index (χ1n) is 8.49. The molecule has 1 aliphatic heterocycles. The average molecular weight is 370 g/mol. The van der Waals surface area contributed by atoms with Gasteiger partial charge in [0.25, 0.3) is 0 Å². The topological polar surface area (TPSA) is 75.6 Å². The Morgan fingerprint density at radius 3 is 2.69 bits per heavy atom. The second kappa shape index (κ2) is 7.78. The Bertz CT molecular complexity index is 915. The lowest BCUT2D eigenvalue weighted by molar-refractivity contribution is 0.0329. The fourth-order valence-corrected chi connectivity index (χ4v) is 2.78. The normalized spacial score (nSPS) is 16.6. The van der Waals surface area contributed by atoms with Crippen molar-refractivity contribution in [3.63, 3.8) is 0 Å². The molecule has 0 spiro atoms. The number of aromatic nitrogens is 1. The number of carbonyl (C=O) groups is 1. The Morgan fingerprint density at radius 2 is 2.00 bits per heavy atom. The summed E-state index contributed by atoms with van der Waals surface area (Å²) in [6.07, 6.45) is 1.35. The molecular weight excluding hydrogens is 348 g/mol. The van der Waals surface area contributed by atoms with Crippen molar-refractivity contribution in [2.45, 2.75) is 38.4 Å². The summed E-state index contributed by atoms with van der Waals surface area (Å²) in [5, 5.41) is 8.00. The summed E-state index contributed by atoms with van der Waals surface area (Å²) in [5.74, 6) is 0.283. The molecule has 1 aromatic carbocycles. The summed E-state index contributed by atoms with van der Waals surface area (Å²) >= 11 is 4.34. The molecule has 1 unspecified atom stereocenters. The standard InChI is InChI=1S/C19H22N4O2S/c1-11(2)21-17-16-14(10-20-19(26)23-16)9-15(22-17)12(3)25-18(24)13-7-5-4-6-8-13/h4-12,19-20,26H,1-3H3,(H,21,22)/t12-,19?/m1/s1. The Morgan fingerprint density at radius 1 is 1.27 bits per heavy atom. The smallest absolute Gasteiger partial charge is 0.338 e. The molecule has 0 saturated carbocycles. The van der Waals surface area contributed by atoms with Crippen LogP contribution in [-0.4, -0.2) is 22.5 Å². The van der Waals surface area contributed by atoms with Crippen LogP contribution in [0, 0.1) is 0 Å². The zero-order chi connectivity index (χ0) is 18.7. The Hall–Kier alpha value is -2.54. The van der Waals surface area contributed by atoms with Gasteiger partial charge in [0.15, 0.2) is 11.3 Å². The highest BCUT2D eigenvalue weighted by Gasteiger charge is 2.18. The maximum absolute atomic E-state index is 12.3. The van der Waals surface area contributed by atoms with Crippen molar-refractivity contribution < 1.29 is 9.53 Å². The monoisotopic (exact) mass is 370 g/mol. The van der Waals surface area contributed by atoms with Crippen molar-refractivity contribution in [1.82, 2.24) is 10.3 Å². The van der Waals surface area contributed by atoms with E-state index in [9.17, 15) is 4.79 Å². The van der Waals surface area contributed by atoms with Gasteiger partial charge in [0, 0.05) is 17.5 Å². The molecule has 0 radical (unpaired) electrons. The molecule has 0 aliphatic carbocycles. The maximum atomic E-state index is 12.3. The van der Waals surface area contributed by atoms with Crippen LogP contribution in [0.2, 0.25) is 0 Å². The number of hydrogen-bond acceptors (Lipinski definition) is 7. The molecule has 0 fully saturated rings. The molecule has 1 aromatic heterocycles. The van der Waals surface area contributed by atoms with Crippen LogP contribution in [0.5, 0.6) is 0 Å². The largest absolute Gasteiger partial charge is 0.453 e. The first-order chi connectivity index (χ1) is 12.4. The molecular formula is C19H22N4O2S. The maximum Gasteiger partial charge on any atom is 0.338 e. The number of rotatable bonds is 5. The van der Waals surface area contributed by atoms with E-state index in [1.807, 2.05) is 39.1 Å². The number of fused-ring (bicyclic) bond motifs is 1. The van der Waals surface area contributed by atoms with Crippen molar-refractivity contribution in [3.8, 4) is 0 Å². The van der Waals surface area contributed by atoms with Crippen molar-refractivity contribution in [3.05, 3.63) is 58.2 Å². The van der Waals surface area contributed by atoms with E-state index in [-0.39, 0.29) is 17.5 Å². The molecule has 6 nitrogen and oxygen atoms in total. The van der Waals surface area contributed by atoms with E-state index in [1.54, 1.807) is 24.3 Å². The predicted molar refractivity (Wildman–Crippen MR) is 104 cm³/mol. The first kappa shape index (κ1) is 18.3. The summed E-state index contributed by atoms with van der Waals surface area (Å²) in [6.45, 7) is 5.87. The van der Waals surface area contributed by atoms with Crippen molar-refractivity contribution >= 4 is 30.6 Å². The van der Waals surface area contributed by atoms with Gasteiger partial charge in [-0.25, -0.2) is 14.8 Å². The van der Waals surface area contributed by atoms with Gasteiger partial charge in [0.05, 0.1) is 11.3 Å². The zero-order valence-electron chi connectivity index (χ0n) is 14.9. The highest BCUT2D eigenvalue weighted by Crippen LogP contribution is 2.17. The third-order valence-corrected chi connectivity index (χ3v) is 4.08. The quantitative estimate of drug-likeness (QED) is 0.554. The minimum Gasteiger partial charge on any atom is -0.453 e. The van der Waals surface area contributed by atoms with Crippen LogP contribution < -0.4 is 21.2 Å². The van der Waals surface area contributed by atoms with E-state index in [0.29, 0.717) is 17.1 Å². The number of carbonyl (C=O) groups excluding carboxylic acids is 1. The number of hydrogen-bond donors (Lipinski definition) is 3. The predicted octanol–water partition coefficient (Wildman–Crippen LogP) is 1.99. The second-order valence-electron chi connectivity index (χ2n) is 6.36. The molecule has 2 atom stereocenters. The van der Waals surface area contributed by atoms with E-state index in [2.05, 4.69) is 33.2 Å². The van der Waals surface area contributed by atoms with E-state index in [0.717, 1.165) is 10.6 Å². The van der Waals surface area contributed by atoms with Crippen LogP contribution in [-0.2, 0) is 4.74 Å². The Labute approximate surface area is 157 Å². The van der Waals surface area contributed by atoms with Crippen LogP contribution in [0.15, 0.2) is 41.4 Å². The Balaban J connectivity index is 1.93. The van der Waals surface area contributed by atoms with Crippen LogP contribution in [0.1, 0.15) is 42.9 Å². The number of nitrogens with one attached hydrogen (secondary N) is 2. The molecule has 1 aliphatic rings. The minimum atomic E-state index is -0.497. The highest BCUT2D eigenvalue weighted by molar-refractivity contribution is 7.80. The van der Waals surface area contributed by atoms with Gasteiger partial charge in [-0.05, 0) is 39.0 Å². The molecule has 2 N–H and O–H groups in total. The van der Waals surface area contributed by atoms with Gasteiger partial charge >= 0.3 is 5.97 Å². The lowest BCUT2D eigenvalue weighted by atomic mass is 10.2. The van der Waals surface area contributed by atoms with Gasteiger partial charge in [-0.2, -0.15) is 0 Å². The van der Waals surface area contributed by atoms with E-state index in [1.165, 1.54) is 0 Å². The number of nitrogens with zero attached hydrogens (tertiary/aromatic N) is 2. The summed E-state index contributed by atoms with van der Waals surface area (Å²) in [5.41, 5.74) is 0.859. The fraction of sp³-hybridized carbons (Fsp3) is 0.316. The van der Waals surface area contributed by atoms with Gasteiger partial charge in [-0.15, -0.1) is 12.6 Å². The van der Waals surface area contributed by atoms with E-state index >= 15 is 0 Å². The summed E-state index contributed by atoms with van der Waals surface area (Å²) < 4.78 is 5.59. The fourth-order valence-electron chi connectivity index (χ4n) is 2.59. The summed E-state index contributed by atoms with van der Waals surface area (Å²) in [4.78, 5) is 21.4. The van der Waals surface area contributed by atoms with Crippen molar-refractivity contribution in [2.24, 2.45) is 4.99 Å². The molecule has 136 valence electrons. The zero-order valence-corrected chi connectivity index (χ0v) is 15.8. The molecule has 2 aromatic rings. The molecule has 7 heteroatoms. The number of pyridine rings is 1. The second-order valence-corrected chi connectivity index (χ2v) is 6.85. The van der Waals surface area contributed by atoms with Gasteiger partial charge in [0.2, 0.25) is 0 Å². The summed E-state index contributed by atoms with van der Waals surface area (Å²) in [7, 11) is 0. The average Bonchev–Trinajstić information content (AvgIpc) is 2.62. The number of esters is 1. The van der Waals surface area contributed by atoms with Gasteiger partial charge in [0.1, 0.15) is 11.5 Å². The highest BCUT2D eigenvalue weighted by atomic mass is 32.1. The third kappa shape index (κ3) is 4.16. The van der Waals surface area contributed by atoms with Crippen LogP contribution >= 0.6 is 12.6 Å². The minimum absolute atomic E-state index is 0.187. The number of benzene rings is 1. The SMILES string of the molecule is CC(C)Nc1nc([C@@H](C)OC(=O)c2ccccc2)cc2c1=NC(S)NC=2. The number of ether oxygens (including phenoxy) is 1. The molecule has 0 bridgehead atoms. The van der Waals surface area contributed by atoms with Gasteiger partial charge in [-0.1, -0.05) is 18.2 Å². The Kier molecular flexibility index (Phi) is 5.46. The van der Waals surface area contributed by atoms with E-state index < -0.39 is 6.10 Å². The third-order valence-electron chi connectivity index (χ3n) is 3.82. The van der Waals surface area contributed by atoms with Crippen LogP contribution in [0.4, 0.5) is 5.82 Å². The molecule has 0 saturated heterocycles. The first-order valence-corrected chi connectivity index (χ1v) is 9.01. The van der Waals surface area contributed by atoms with Crippen molar-refractivity contribution in [2.75, 3.05) is 5.32 Å². The summed E-state index contributed by atoms with van der Waals surface area (Å²) in [6, 6.07) is 11.0. The van der Waals surface area contributed by atoms with Gasteiger partial charge in [-0.3, -0.25) is 0 Å². The number of thiol groups is 1. The molecule has 26 heavy (non-hydrogen) atoms. The lowest BCUT2D eigenvalue weighted by Crippen LogP contribution is -2.40. The lowest BCUT2D eigenvalue weighted by Gasteiger charge is -2.18. The molecule has 3 rings (SSSR count).